The lowest BCUT2D eigenvalue weighted by Gasteiger charge is -2.30. The second kappa shape index (κ2) is 17.4. The number of nitrogens with one attached hydrogen (secondary N) is 1. The van der Waals surface area contributed by atoms with Gasteiger partial charge in [0, 0.05) is 4.47 Å². The summed E-state index contributed by atoms with van der Waals surface area (Å²) in [6, 6.07) is 11.7. The molecule has 6 rings (SSSR count). The van der Waals surface area contributed by atoms with Crippen molar-refractivity contribution in [3.63, 3.8) is 0 Å². The zero-order chi connectivity index (χ0) is 35.8. The number of thioether (sulfide) groups is 2. The van der Waals surface area contributed by atoms with E-state index in [2.05, 4.69) is 89.2 Å². The molecule has 0 saturated heterocycles. The standard InChI is InChI=1S/C18H24ClN3OS.C11H14BrClO.C7H9N3S/c1-17(2,3)11-23-14-8-7-12(10-13(14)19)18-9-5-6-15(18)21-22-16(20-18)24-4;1-11(2,3)7-14-10-5-4-8(12)6-9(10)13;1-11-7-8-5-3-2-4-6(5)9-10-7/h7-8,10H,5-6,9,11H2,1-4H3,(H,20,22);4-6H,7H2,1-3H3;2-4H2,1H3. The van der Waals surface area contributed by atoms with Crippen LogP contribution in [0.3, 0.4) is 0 Å². The molecule has 1 aromatic heterocycles. The summed E-state index contributed by atoms with van der Waals surface area (Å²) in [4.78, 5) is 9.32. The number of hydrazone groups is 1. The third-order valence-corrected chi connectivity index (χ3v) is 9.85. The third-order valence-electron chi connectivity index (χ3n) is 7.66. The molecule has 0 bridgehead atoms. The maximum atomic E-state index is 6.50. The Morgan fingerprint density at radius 2 is 1.45 bits per heavy atom. The zero-order valence-corrected chi connectivity index (χ0v) is 34.4. The van der Waals surface area contributed by atoms with E-state index in [4.69, 9.17) is 37.7 Å². The lowest BCUT2D eigenvalue weighted by Crippen LogP contribution is -2.37. The van der Waals surface area contributed by atoms with Gasteiger partial charge in [0.25, 0.3) is 0 Å². The highest BCUT2D eigenvalue weighted by atomic mass is 79.9. The Hall–Kier alpha value is -2.05. The Morgan fingerprint density at radius 1 is 0.816 bits per heavy atom. The molecule has 1 atom stereocenters. The van der Waals surface area contributed by atoms with Crippen LogP contribution in [0.1, 0.15) is 84.2 Å². The first-order chi connectivity index (χ1) is 23.1. The number of hydrogen-bond acceptors (Lipinski definition) is 10. The van der Waals surface area contributed by atoms with Gasteiger partial charge in [0.1, 0.15) is 17.0 Å². The number of fused-ring (bicyclic) bond motifs is 2. The van der Waals surface area contributed by atoms with Crippen molar-refractivity contribution in [2.45, 2.75) is 90.8 Å². The molecule has 8 nitrogen and oxygen atoms in total. The van der Waals surface area contributed by atoms with Crippen LogP contribution in [0, 0.1) is 10.8 Å². The number of rotatable bonds is 6. The number of benzene rings is 2. The molecule has 49 heavy (non-hydrogen) atoms. The second-order valence-electron chi connectivity index (χ2n) is 14.5. The van der Waals surface area contributed by atoms with Gasteiger partial charge in [-0.1, -0.05) is 110 Å². The van der Waals surface area contributed by atoms with Gasteiger partial charge in [0.2, 0.25) is 5.16 Å². The van der Waals surface area contributed by atoms with Gasteiger partial charge in [-0.05, 0) is 97.8 Å². The van der Waals surface area contributed by atoms with Crippen molar-refractivity contribution in [1.82, 2.24) is 20.6 Å². The molecule has 1 aliphatic heterocycles. The second-order valence-corrected chi connectivity index (χ2v) is 17.8. The van der Waals surface area contributed by atoms with Crippen molar-refractivity contribution in [2.75, 3.05) is 25.7 Å². The summed E-state index contributed by atoms with van der Waals surface area (Å²) in [7, 11) is 0. The molecule has 3 aromatic rings. The van der Waals surface area contributed by atoms with Crippen molar-refractivity contribution < 1.29 is 9.47 Å². The Morgan fingerprint density at radius 3 is 2.04 bits per heavy atom. The fraction of sp³-hybridized carbons (Fsp3) is 0.528. The SMILES string of the molecule is CC(C)(C)COc1ccc(Br)cc1Cl.CSC1=NC2(c3ccc(OCC(C)(C)C)c(Cl)c3)CCCC2=NN1.CSc1nnc2c(n1)CCC2. The van der Waals surface area contributed by atoms with Gasteiger partial charge in [-0.2, -0.15) is 10.2 Å². The molecule has 2 heterocycles. The summed E-state index contributed by atoms with van der Waals surface area (Å²) in [6.45, 7) is 14.1. The minimum Gasteiger partial charge on any atom is -0.491 e. The summed E-state index contributed by atoms with van der Waals surface area (Å²) in [5, 5.41) is 15.5. The maximum absolute atomic E-state index is 6.50. The summed E-state index contributed by atoms with van der Waals surface area (Å²) < 4.78 is 12.4. The van der Waals surface area contributed by atoms with Gasteiger partial charge < -0.3 is 9.47 Å². The van der Waals surface area contributed by atoms with E-state index in [-0.39, 0.29) is 16.4 Å². The predicted molar refractivity (Wildman–Crippen MR) is 211 cm³/mol. The molecule has 1 saturated carbocycles. The van der Waals surface area contributed by atoms with Gasteiger partial charge >= 0.3 is 0 Å². The van der Waals surface area contributed by atoms with Crippen molar-refractivity contribution in [1.29, 1.82) is 0 Å². The van der Waals surface area contributed by atoms with Crippen LogP contribution in [0.25, 0.3) is 0 Å². The highest BCUT2D eigenvalue weighted by molar-refractivity contribution is 9.10. The molecule has 1 N–H and O–H groups in total. The van der Waals surface area contributed by atoms with Crippen LogP contribution >= 0.6 is 62.7 Å². The van der Waals surface area contributed by atoms with Crippen molar-refractivity contribution in [3.8, 4) is 11.5 Å². The molecule has 1 fully saturated rings. The number of halogens is 3. The molecular weight excluding hydrogens is 763 g/mol. The van der Waals surface area contributed by atoms with Crippen LogP contribution < -0.4 is 14.9 Å². The number of aliphatic imine (C=N–C) groups is 1. The van der Waals surface area contributed by atoms with E-state index >= 15 is 0 Å². The summed E-state index contributed by atoms with van der Waals surface area (Å²) in [5.74, 6) is 1.47. The molecule has 0 spiro atoms. The first-order valence-electron chi connectivity index (χ1n) is 16.4. The van der Waals surface area contributed by atoms with E-state index in [0.29, 0.717) is 23.3 Å². The molecule has 0 radical (unpaired) electrons. The lowest BCUT2D eigenvalue weighted by atomic mass is 9.87. The highest BCUT2D eigenvalue weighted by Gasteiger charge is 2.44. The minimum absolute atomic E-state index is 0.0958. The Labute approximate surface area is 318 Å². The van der Waals surface area contributed by atoms with E-state index in [0.717, 1.165) is 81.1 Å². The normalized spacial score (nSPS) is 18.0. The van der Waals surface area contributed by atoms with Crippen LogP contribution in [-0.4, -0.2) is 51.8 Å². The first-order valence-corrected chi connectivity index (χ1v) is 20.4. The third kappa shape index (κ3) is 11.5. The molecule has 1 unspecified atom stereocenters. The van der Waals surface area contributed by atoms with Crippen LogP contribution in [0.15, 0.2) is 56.1 Å². The van der Waals surface area contributed by atoms with Gasteiger partial charge in [-0.3, -0.25) is 5.43 Å². The van der Waals surface area contributed by atoms with E-state index in [1.54, 1.807) is 23.5 Å². The quantitative estimate of drug-likeness (QED) is 0.246. The number of aromatic nitrogens is 3. The molecule has 3 aliphatic rings. The largest absolute Gasteiger partial charge is 0.491 e. The summed E-state index contributed by atoms with van der Waals surface area (Å²) >= 11 is 19.0. The fourth-order valence-corrected chi connectivity index (χ4v) is 6.91. The lowest BCUT2D eigenvalue weighted by molar-refractivity contribution is 0.198. The molecule has 2 aromatic carbocycles. The van der Waals surface area contributed by atoms with Crippen molar-refractivity contribution >= 4 is 73.5 Å². The topological polar surface area (TPSA) is 93.9 Å². The van der Waals surface area contributed by atoms with Crippen LogP contribution in [-0.2, 0) is 18.4 Å². The molecular formula is C36H47BrCl2N6O2S2. The maximum Gasteiger partial charge on any atom is 0.209 e. The monoisotopic (exact) mass is 808 g/mol. The van der Waals surface area contributed by atoms with Crippen molar-refractivity contribution in [3.05, 3.63) is 67.9 Å². The van der Waals surface area contributed by atoms with Crippen LogP contribution in [0.4, 0.5) is 0 Å². The zero-order valence-electron chi connectivity index (χ0n) is 29.6. The fourth-order valence-electron chi connectivity index (χ4n) is 5.24. The molecule has 2 aliphatic carbocycles. The highest BCUT2D eigenvalue weighted by Crippen LogP contribution is 2.44. The Balaban J connectivity index is 0.000000183. The smallest absolute Gasteiger partial charge is 0.209 e. The van der Waals surface area contributed by atoms with Crippen molar-refractivity contribution in [2.24, 2.45) is 20.9 Å². The Kier molecular flexibility index (Phi) is 14.1. The van der Waals surface area contributed by atoms with Gasteiger partial charge in [-0.15, -0.1) is 5.10 Å². The van der Waals surface area contributed by atoms with E-state index < -0.39 is 0 Å². The van der Waals surface area contributed by atoms with E-state index in [9.17, 15) is 0 Å². The number of aryl methyl sites for hydroxylation is 2. The summed E-state index contributed by atoms with van der Waals surface area (Å²) in [5.41, 5.74) is 7.37. The molecule has 0 amide bonds. The molecule has 13 heteroatoms. The number of ether oxygens (including phenoxy) is 2. The first kappa shape index (κ1) is 39.7. The average molecular weight is 811 g/mol. The van der Waals surface area contributed by atoms with Gasteiger partial charge in [-0.25, -0.2) is 9.98 Å². The van der Waals surface area contributed by atoms with E-state index in [1.165, 1.54) is 6.42 Å². The predicted octanol–water partition coefficient (Wildman–Crippen LogP) is 10.4. The Bertz CT molecular complexity index is 1660. The van der Waals surface area contributed by atoms with Crippen LogP contribution in [0.5, 0.6) is 11.5 Å². The minimum atomic E-state index is -0.365. The number of hydrogen-bond donors (Lipinski definition) is 1. The molecule has 266 valence electrons. The number of nitrogens with zero attached hydrogens (tertiary/aromatic N) is 5. The van der Waals surface area contributed by atoms with Crippen LogP contribution in [0.2, 0.25) is 10.0 Å². The van der Waals surface area contributed by atoms with Gasteiger partial charge in [0.05, 0.1) is 40.4 Å². The van der Waals surface area contributed by atoms with Gasteiger partial charge in [0.15, 0.2) is 5.17 Å². The van der Waals surface area contributed by atoms with E-state index in [1.807, 2.05) is 42.8 Å². The summed E-state index contributed by atoms with van der Waals surface area (Å²) in [6.07, 6.45) is 10.3. The average Bonchev–Trinajstić information content (AvgIpc) is 3.70. The number of amidine groups is 1.